The number of rotatable bonds is 7. The summed E-state index contributed by atoms with van der Waals surface area (Å²) in [4.78, 5) is 0. The van der Waals surface area contributed by atoms with Crippen LogP contribution in [0.4, 0.5) is 0 Å². The summed E-state index contributed by atoms with van der Waals surface area (Å²) in [5.74, 6) is 0. The maximum absolute atomic E-state index is 2.54. The SMILES string of the molecule is CC1(C)c2ccccc2-c2ccc(/C(=C/c3ccccc3C34c5ccccc5-c5cccc(c53)-c3cc(-c5ccccc5-c5ccccc5)ccc34)c3ccc4c(c3)C(C)(C)c3cc(-c5ccccc5)ccc3-4)cc21. The van der Waals surface area contributed by atoms with E-state index >= 15 is 0 Å². The molecule has 4 aliphatic carbocycles. The van der Waals surface area contributed by atoms with Crippen LogP contribution in [-0.2, 0) is 16.2 Å². The van der Waals surface area contributed by atoms with Crippen LogP contribution in [0.3, 0.4) is 0 Å². The van der Waals surface area contributed by atoms with Crippen LogP contribution in [0.15, 0.2) is 249 Å². The first-order valence-electron chi connectivity index (χ1n) is 26.7. The highest BCUT2D eigenvalue weighted by atomic mass is 14.5. The van der Waals surface area contributed by atoms with E-state index in [0.29, 0.717) is 0 Å². The average molecular weight is 955 g/mol. The maximum atomic E-state index is 2.54. The third-order valence-corrected chi connectivity index (χ3v) is 17.8. The van der Waals surface area contributed by atoms with Crippen molar-refractivity contribution in [1.82, 2.24) is 0 Å². The van der Waals surface area contributed by atoms with Gasteiger partial charge in [-0.15, -0.1) is 0 Å². The zero-order valence-electron chi connectivity index (χ0n) is 42.7. The number of fused-ring (bicyclic) bond motifs is 12. The van der Waals surface area contributed by atoms with Crippen LogP contribution in [0.25, 0.3) is 89.5 Å². The minimum Gasteiger partial charge on any atom is -0.0622 e. The average Bonchev–Trinajstić information content (AvgIpc) is 4.24. The Morgan fingerprint density at radius 1 is 0.267 bits per heavy atom. The second kappa shape index (κ2) is 16.1. The third kappa shape index (κ3) is 6.18. The molecule has 11 aromatic carbocycles. The molecule has 0 aliphatic heterocycles. The molecule has 0 saturated heterocycles. The maximum Gasteiger partial charge on any atom is 0.0731 e. The van der Waals surface area contributed by atoms with Crippen LogP contribution in [0, 0.1) is 0 Å². The molecule has 354 valence electrons. The van der Waals surface area contributed by atoms with Gasteiger partial charge in [0.25, 0.3) is 0 Å². The van der Waals surface area contributed by atoms with E-state index in [1.54, 1.807) is 0 Å². The molecule has 15 rings (SSSR count). The van der Waals surface area contributed by atoms with Crippen molar-refractivity contribution in [2.45, 2.75) is 43.9 Å². The van der Waals surface area contributed by atoms with E-state index in [9.17, 15) is 0 Å². The molecule has 0 N–H and O–H groups in total. The second-order valence-electron chi connectivity index (χ2n) is 22.3. The highest BCUT2D eigenvalue weighted by molar-refractivity contribution is 6.02. The lowest BCUT2D eigenvalue weighted by Gasteiger charge is -2.32. The van der Waals surface area contributed by atoms with Crippen molar-refractivity contribution >= 4 is 11.6 Å². The first-order valence-corrected chi connectivity index (χ1v) is 26.7. The van der Waals surface area contributed by atoms with Gasteiger partial charge in [-0.2, -0.15) is 0 Å². The molecule has 0 saturated carbocycles. The summed E-state index contributed by atoms with van der Waals surface area (Å²) >= 11 is 0. The van der Waals surface area contributed by atoms with Crippen molar-refractivity contribution in [3.8, 4) is 77.9 Å². The van der Waals surface area contributed by atoms with Gasteiger partial charge in [-0.1, -0.05) is 252 Å². The summed E-state index contributed by atoms with van der Waals surface area (Å²) in [6.07, 6.45) is 2.54. The van der Waals surface area contributed by atoms with E-state index in [0.717, 1.165) is 0 Å². The molecule has 0 heteroatoms. The smallest absolute Gasteiger partial charge is 0.0622 e. The quantitative estimate of drug-likeness (QED) is 0.140. The molecule has 75 heavy (non-hydrogen) atoms. The lowest BCUT2D eigenvalue weighted by Crippen LogP contribution is -2.27. The van der Waals surface area contributed by atoms with Crippen LogP contribution in [0.1, 0.15) is 88.9 Å². The van der Waals surface area contributed by atoms with Gasteiger partial charge in [-0.05, 0) is 175 Å². The van der Waals surface area contributed by atoms with E-state index in [2.05, 4.69) is 282 Å². The molecule has 0 fully saturated rings. The van der Waals surface area contributed by atoms with Gasteiger partial charge in [0.2, 0.25) is 0 Å². The van der Waals surface area contributed by atoms with Gasteiger partial charge in [0, 0.05) is 10.8 Å². The van der Waals surface area contributed by atoms with Crippen molar-refractivity contribution < 1.29 is 0 Å². The fourth-order valence-electron chi connectivity index (χ4n) is 14.2. The summed E-state index contributed by atoms with van der Waals surface area (Å²) in [6.45, 7) is 9.62. The number of hydrogen-bond acceptors (Lipinski definition) is 0. The fourth-order valence-corrected chi connectivity index (χ4v) is 14.2. The Morgan fingerprint density at radius 2 is 0.707 bits per heavy atom. The lowest BCUT2D eigenvalue weighted by molar-refractivity contribution is 0.660. The molecule has 0 nitrogen and oxygen atoms in total. The van der Waals surface area contributed by atoms with E-state index < -0.39 is 5.41 Å². The predicted octanol–water partition coefficient (Wildman–Crippen LogP) is 19.2. The largest absolute Gasteiger partial charge is 0.0731 e. The van der Waals surface area contributed by atoms with Crippen molar-refractivity contribution in [3.05, 3.63) is 310 Å². The minimum atomic E-state index is -0.548. The Morgan fingerprint density at radius 3 is 1.37 bits per heavy atom. The van der Waals surface area contributed by atoms with Gasteiger partial charge in [0.1, 0.15) is 0 Å². The normalized spacial score (nSPS) is 16.3. The first-order chi connectivity index (χ1) is 36.7. The monoisotopic (exact) mass is 954 g/mol. The van der Waals surface area contributed by atoms with Crippen molar-refractivity contribution in [3.63, 3.8) is 0 Å². The van der Waals surface area contributed by atoms with Gasteiger partial charge in [0.05, 0.1) is 5.41 Å². The Balaban J connectivity index is 0.953. The third-order valence-electron chi connectivity index (χ3n) is 17.8. The fraction of sp³-hybridized carbons (Fsp3) is 0.0933. The number of benzene rings is 11. The molecule has 0 radical (unpaired) electrons. The highest BCUT2D eigenvalue weighted by Gasteiger charge is 2.53. The molecule has 0 amide bonds. The molecule has 0 heterocycles. The Bertz CT molecular complexity index is 4220. The van der Waals surface area contributed by atoms with Crippen molar-refractivity contribution in [1.29, 1.82) is 0 Å². The summed E-state index contributed by atoms with van der Waals surface area (Å²) in [5.41, 5.74) is 32.9. The Hall–Kier alpha value is -8.84. The van der Waals surface area contributed by atoms with E-state index in [1.165, 1.54) is 145 Å². The molecule has 0 spiro atoms. The van der Waals surface area contributed by atoms with Crippen LogP contribution in [0.5, 0.6) is 0 Å². The van der Waals surface area contributed by atoms with Crippen molar-refractivity contribution in [2.24, 2.45) is 0 Å². The minimum absolute atomic E-state index is 0.149. The van der Waals surface area contributed by atoms with E-state index in [4.69, 9.17) is 0 Å². The lowest BCUT2D eigenvalue weighted by atomic mass is 9.68. The van der Waals surface area contributed by atoms with Gasteiger partial charge >= 0.3 is 0 Å². The Kier molecular flexibility index (Phi) is 9.37. The topological polar surface area (TPSA) is 0 Å². The molecule has 0 aromatic heterocycles. The van der Waals surface area contributed by atoms with Crippen LogP contribution >= 0.6 is 0 Å². The molecule has 0 bridgehead atoms. The zero-order chi connectivity index (χ0) is 50.2. The predicted molar refractivity (Wildman–Crippen MR) is 314 cm³/mol. The number of hydrogen-bond donors (Lipinski definition) is 0. The zero-order valence-corrected chi connectivity index (χ0v) is 42.7. The summed E-state index contributed by atoms with van der Waals surface area (Å²) in [7, 11) is 0. The van der Waals surface area contributed by atoms with Crippen molar-refractivity contribution in [2.75, 3.05) is 0 Å². The summed E-state index contributed by atoms with van der Waals surface area (Å²) in [6, 6.07) is 94.1. The summed E-state index contributed by atoms with van der Waals surface area (Å²) < 4.78 is 0. The van der Waals surface area contributed by atoms with Crippen LogP contribution in [0.2, 0.25) is 0 Å². The Labute approximate surface area is 441 Å². The first kappa shape index (κ1) is 43.7. The molecule has 11 aromatic rings. The molecular formula is C75H54. The van der Waals surface area contributed by atoms with E-state index in [1.807, 2.05) is 0 Å². The van der Waals surface area contributed by atoms with Gasteiger partial charge in [-0.25, -0.2) is 0 Å². The van der Waals surface area contributed by atoms with Crippen LogP contribution < -0.4 is 0 Å². The molecule has 1 atom stereocenters. The van der Waals surface area contributed by atoms with Gasteiger partial charge in [-0.3, -0.25) is 0 Å². The summed E-state index contributed by atoms with van der Waals surface area (Å²) in [5, 5.41) is 0. The van der Waals surface area contributed by atoms with Crippen LogP contribution in [-0.4, -0.2) is 0 Å². The van der Waals surface area contributed by atoms with Gasteiger partial charge in [0.15, 0.2) is 0 Å². The molecular weight excluding hydrogens is 901 g/mol. The molecule has 4 aliphatic rings. The molecule has 1 unspecified atom stereocenters. The highest BCUT2D eigenvalue weighted by Crippen LogP contribution is 2.65. The van der Waals surface area contributed by atoms with Gasteiger partial charge < -0.3 is 0 Å². The standard InChI is InChI=1S/C75H54/c1-73(2)66-32-17-14-27-56(66)58-39-35-51(45-70(58)73)63(52-36-40-60-59-38-34-49(47-20-7-5-8-21-47)44-69(59)74(3,4)71(60)46-52)43-53-24-11-16-31-65(53)75-67-33-18-15-28-57(67)61-29-19-30-62(72(61)75)64-42-50(37-41-68(64)75)55-26-13-12-25-54(55)48-22-9-6-10-23-48/h5-46H,1-4H3/b63-43-. The van der Waals surface area contributed by atoms with E-state index in [-0.39, 0.29) is 10.8 Å². The second-order valence-corrected chi connectivity index (χ2v) is 22.3.